The summed E-state index contributed by atoms with van der Waals surface area (Å²) in [6, 6.07) is 0. The van der Waals surface area contributed by atoms with Crippen LogP contribution in [0, 0.1) is 0 Å². The fourth-order valence-corrected chi connectivity index (χ4v) is 0. The molecule has 3 N–H and O–H groups in total. The van der Waals surface area contributed by atoms with Gasteiger partial charge < -0.3 is 6.15 Å². The Morgan fingerprint density at radius 1 is 1.00 bits per heavy atom. The first-order valence-electron chi connectivity index (χ1n) is 0. The number of hydrogen-bond acceptors (Lipinski definition) is 1. The second kappa shape index (κ2) is 17.4. The summed E-state index contributed by atoms with van der Waals surface area (Å²) < 4.78 is 0. The maximum atomic E-state index is 0. The molecule has 0 aromatic rings. The Labute approximate surface area is 89.9 Å². The first-order valence-corrected chi connectivity index (χ1v) is 0. The molecule has 0 bridgehead atoms. The van der Waals surface area contributed by atoms with Crippen molar-refractivity contribution in [3.8, 4) is 0 Å². The summed E-state index contributed by atoms with van der Waals surface area (Å²) >= 11 is 0. The van der Waals surface area contributed by atoms with Crippen molar-refractivity contribution in [3.63, 3.8) is 0 Å². The van der Waals surface area contributed by atoms with Gasteiger partial charge in [-0.05, 0) is 0 Å². The molecule has 4 heteroatoms. The summed E-state index contributed by atoms with van der Waals surface area (Å²) in [5, 5.41) is 0. The molecule has 0 fully saturated rings. The molecule has 0 rings (SSSR count). The first kappa shape index (κ1) is 30.2. The minimum absolute atomic E-state index is 0. The van der Waals surface area contributed by atoms with Gasteiger partial charge in [-0.15, -0.1) is 0 Å². The van der Waals surface area contributed by atoms with E-state index in [1.807, 2.05) is 0 Å². The van der Waals surface area contributed by atoms with E-state index >= 15 is 0 Å². The monoisotopic (exact) mass is 139 g/mol. The van der Waals surface area contributed by atoms with Crippen molar-refractivity contribution in [2.75, 3.05) is 0 Å². The molecular weight excluding hydrogens is 136 g/mol. The van der Waals surface area contributed by atoms with E-state index in [0.29, 0.717) is 0 Å². The maximum Gasteiger partial charge on any atom is 3.00 e. The van der Waals surface area contributed by atoms with E-state index < -0.39 is 0 Å². The van der Waals surface area contributed by atoms with Gasteiger partial charge in [0.1, 0.15) is 0 Å². The van der Waals surface area contributed by atoms with Gasteiger partial charge in [0.15, 0.2) is 0 Å². The molecule has 0 aliphatic carbocycles. The van der Waals surface area contributed by atoms with Gasteiger partial charge in [0.05, 0.1) is 0 Å². The minimum Gasteiger partial charge on any atom is -0.344 e. The first-order chi connectivity index (χ1) is 0. The molecule has 0 spiro atoms. The molecule has 0 aromatic carbocycles. The smallest absolute Gasteiger partial charge is 0.344 e. The normalized spacial score (nSPS) is 0. The van der Waals surface area contributed by atoms with E-state index in [4.69, 9.17) is 0 Å². The molecular formula is H3AlFeKN+6. The van der Waals surface area contributed by atoms with E-state index in [0.717, 1.165) is 0 Å². The topological polar surface area (TPSA) is 35.0 Å². The molecule has 0 saturated carbocycles. The van der Waals surface area contributed by atoms with Crippen LogP contribution in [0.5, 0.6) is 0 Å². The molecule has 0 atom stereocenters. The van der Waals surface area contributed by atoms with Crippen molar-refractivity contribution in [3.05, 3.63) is 0 Å². The van der Waals surface area contributed by atoms with Crippen LogP contribution in [0.3, 0.4) is 0 Å². The predicted molar refractivity (Wildman–Crippen MR) is 10.8 cm³/mol. The van der Waals surface area contributed by atoms with E-state index in [-0.39, 0.29) is 92.0 Å². The van der Waals surface area contributed by atoms with E-state index in [1.54, 1.807) is 0 Å². The Kier molecular flexibility index (Phi) is 132. The zero-order valence-electron chi connectivity index (χ0n) is 2.64. The van der Waals surface area contributed by atoms with Crippen LogP contribution >= 0.6 is 0 Å². The summed E-state index contributed by atoms with van der Waals surface area (Å²) in [5.74, 6) is 0. The molecule has 0 saturated heterocycles. The molecule has 14 valence electrons. The van der Waals surface area contributed by atoms with Gasteiger partial charge in [0.2, 0.25) is 0 Å². The summed E-state index contributed by atoms with van der Waals surface area (Å²) in [6.45, 7) is 0. The van der Waals surface area contributed by atoms with E-state index in [1.165, 1.54) is 0 Å². The fraction of sp³-hybridized carbons (Fsp3) is 0. The fourth-order valence-electron chi connectivity index (χ4n) is 0. The largest absolute Gasteiger partial charge is 3.00 e. The van der Waals surface area contributed by atoms with Crippen molar-refractivity contribution in [1.29, 1.82) is 0 Å². The van der Waals surface area contributed by atoms with Gasteiger partial charge in [-0.1, -0.05) is 0 Å². The third-order valence-corrected chi connectivity index (χ3v) is 0. The third kappa shape index (κ3) is 8.82. The molecule has 0 radical (unpaired) electrons. The summed E-state index contributed by atoms with van der Waals surface area (Å²) in [5.41, 5.74) is 0. The van der Waals surface area contributed by atoms with Crippen LogP contribution < -0.4 is 57.5 Å². The Hall–Kier alpha value is 2.65. The van der Waals surface area contributed by atoms with Crippen LogP contribution in [-0.4, -0.2) is 17.4 Å². The van der Waals surface area contributed by atoms with Crippen LogP contribution in [0.25, 0.3) is 0 Å². The van der Waals surface area contributed by atoms with E-state index in [2.05, 4.69) is 0 Å². The van der Waals surface area contributed by atoms with Gasteiger partial charge in [-0.25, -0.2) is 0 Å². The minimum atomic E-state index is 0. The second-order valence-corrected chi connectivity index (χ2v) is 0. The Bertz CT molecular complexity index is 8.00. The quantitative estimate of drug-likeness (QED) is 0.352. The molecule has 0 aliphatic rings. The van der Waals surface area contributed by atoms with Crippen LogP contribution in [-0.2, 0) is 17.1 Å². The van der Waals surface area contributed by atoms with E-state index in [9.17, 15) is 0 Å². The van der Waals surface area contributed by atoms with Crippen molar-refractivity contribution in [2.45, 2.75) is 0 Å². The van der Waals surface area contributed by atoms with Gasteiger partial charge in [-0.2, -0.15) is 0 Å². The maximum absolute atomic E-state index is 0. The molecule has 0 aromatic heterocycles. The van der Waals surface area contributed by atoms with Crippen molar-refractivity contribution in [2.24, 2.45) is 0 Å². The van der Waals surface area contributed by atoms with Gasteiger partial charge >= 0.3 is 85.8 Å². The average Bonchev–Trinajstić information content (AvgIpc) is 0. The van der Waals surface area contributed by atoms with Crippen molar-refractivity contribution >= 4 is 17.4 Å². The average molecular weight is 139 g/mol. The molecule has 0 heterocycles. The summed E-state index contributed by atoms with van der Waals surface area (Å²) in [7, 11) is 0. The van der Waals surface area contributed by atoms with Gasteiger partial charge in [0, 0.05) is 0 Å². The summed E-state index contributed by atoms with van der Waals surface area (Å²) in [4.78, 5) is 0. The number of rotatable bonds is 0. The Morgan fingerprint density at radius 3 is 1.00 bits per heavy atom. The van der Waals surface area contributed by atoms with Crippen LogP contribution in [0.2, 0.25) is 0 Å². The SMILES string of the molecule is N.[Al+3].[Fe+2].[K+]. The Balaban J connectivity index is 0. The Morgan fingerprint density at radius 2 is 1.00 bits per heavy atom. The predicted octanol–water partition coefficient (Wildman–Crippen LogP) is -3.22. The molecule has 1 nitrogen and oxygen atoms in total. The summed E-state index contributed by atoms with van der Waals surface area (Å²) in [6.07, 6.45) is 0. The molecule has 0 unspecified atom stereocenters. The van der Waals surface area contributed by atoms with Gasteiger partial charge in [0.25, 0.3) is 0 Å². The molecule has 0 aliphatic heterocycles. The third-order valence-electron chi connectivity index (χ3n) is 0. The zero-order valence-corrected chi connectivity index (χ0v) is 8.02. The molecule has 4 heavy (non-hydrogen) atoms. The molecule has 0 amide bonds. The number of hydrogen-bond donors (Lipinski definition) is 1. The van der Waals surface area contributed by atoms with Crippen LogP contribution in [0.1, 0.15) is 0 Å². The zero-order chi connectivity index (χ0) is 0. The van der Waals surface area contributed by atoms with Crippen LogP contribution in [0.4, 0.5) is 0 Å². The van der Waals surface area contributed by atoms with Crippen LogP contribution in [0.15, 0.2) is 0 Å². The van der Waals surface area contributed by atoms with Crippen molar-refractivity contribution in [1.82, 2.24) is 6.15 Å². The standard InChI is InChI=1S/Al.Fe.K.H3N/h;;;1H3/q+3;+2;+1;. The van der Waals surface area contributed by atoms with Crippen molar-refractivity contribution < 1.29 is 68.5 Å². The van der Waals surface area contributed by atoms with Gasteiger partial charge in [-0.3, -0.25) is 0 Å². The second-order valence-electron chi connectivity index (χ2n) is 0.